The summed E-state index contributed by atoms with van der Waals surface area (Å²) in [5.41, 5.74) is 0. The van der Waals surface area contributed by atoms with Gasteiger partial charge in [-0.25, -0.2) is 0 Å². The Morgan fingerprint density at radius 1 is 0.780 bits per heavy atom. The molecule has 4 atom stereocenters. The van der Waals surface area contributed by atoms with Gasteiger partial charge in [-0.15, -0.1) is 9.42 Å². The molecule has 0 fully saturated rings. The minimum absolute atomic E-state index is 0. The van der Waals surface area contributed by atoms with Gasteiger partial charge in [-0.1, -0.05) is 105 Å². The number of carbonyl (C=O) groups is 2. The van der Waals surface area contributed by atoms with E-state index >= 15 is 0 Å². The molecule has 0 rings (SSSR count). The van der Waals surface area contributed by atoms with Crippen molar-refractivity contribution in [2.24, 2.45) is 11.8 Å². The Morgan fingerprint density at radius 2 is 1.24 bits per heavy atom. The van der Waals surface area contributed by atoms with Gasteiger partial charge in [-0.2, -0.15) is 8.42 Å². The third-order valence-electron chi connectivity index (χ3n) is 6.70. The largest absolute Gasteiger partial charge is 1.00 e. The number of esters is 2. The Bertz CT molecular complexity index is 774. The molecule has 13 heteroatoms. The third kappa shape index (κ3) is 28.4. The predicted octanol–water partition coefficient (Wildman–Crippen LogP) is 4.28. The van der Waals surface area contributed by atoms with Gasteiger partial charge in [0, 0.05) is 4.57 Å². The minimum Gasteiger partial charge on any atom is -1.00 e. The minimum atomic E-state index is -4.76. The van der Waals surface area contributed by atoms with Gasteiger partial charge in [0.25, 0.3) is 10.1 Å². The molecule has 0 aromatic carbocycles. The smallest absolute Gasteiger partial charge is 1.00 e. The first kappa shape index (κ1) is 45.3. The zero-order valence-electron chi connectivity index (χ0n) is 27.5. The van der Waals surface area contributed by atoms with Crippen LogP contribution in [0.5, 0.6) is 0 Å². The molecule has 0 aliphatic heterocycles. The predicted molar refractivity (Wildman–Crippen MR) is 159 cm³/mol. The summed E-state index contributed by atoms with van der Waals surface area (Å²) in [6, 6.07) is 0. The number of carbonyl (C=O) groups excluding carboxylic acids is 2. The van der Waals surface area contributed by atoms with Crippen LogP contribution in [0.1, 0.15) is 132 Å². The van der Waals surface area contributed by atoms with Crippen LogP contribution in [-0.2, 0) is 38.3 Å². The van der Waals surface area contributed by atoms with Crippen LogP contribution in [0, 0.1) is 11.8 Å². The summed E-state index contributed by atoms with van der Waals surface area (Å²) in [5, 5.41) is -1.95. The Hall–Kier alpha value is -0.130. The average Bonchev–Trinajstić information content (AvgIpc) is 2.90. The van der Waals surface area contributed by atoms with Crippen LogP contribution in [0.3, 0.4) is 0 Å². The summed E-state index contributed by atoms with van der Waals surface area (Å²) >= 11 is 0. The van der Waals surface area contributed by atoms with Gasteiger partial charge < -0.3 is 10.9 Å². The number of rotatable bonds is 24. The van der Waals surface area contributed by atoms with Crippen molar-refractivity contribution < 1.29 is 77.0 Å². The first-order chi connectivity index (χ1) is 19.0. The molecule has 0 aromatic heterocycles. The summed E-state index contributed by atoms with van der Waals surface area (Å²) in [5.74, 6) is -1.61. The second kappa shape index (κ2) is 29.9. The van der Waals surface area contributed by atoms with Crippen LogP contribution in [0.15, 0.2) is 0 Å². The summed E-state index contributed by atoms with van der Waals surface area (Å²) in [4.78, 5) is 32.5. The zero-order chi connectivity index (χ0) is 30.8. The van der Waals surface area contributed by atoms with E-state index in [-0.39, 0.29) is 56.0 Å². The molecular formula is C28H57NaO10PS+. The average molecular weight is 640 g/mol. The molecule has 0 amide bonds. The van der Waals surface area contributed by atoms with E-state index in [2.05, 4.69) is 25.3 Å². The molecule has 10 nitrogen and oxygen atoms in total. The third-order valence-corrected chi connectivity index (χ3v) is 8.18. The number of unbranched alkanes of at least 4 members (excludes halogenated alkanes) is 7. The quantitative estimate of drug-likeness (QED) is 0.0514. The number of hydrogen-bond donors (Lipinski definition) is 2. The van der Waals surface area contributed by atoms with Crippen molar-refractivity contribution in [1.82, 2.24) is 0 Å². The summed E-state index contributed by atoms with van der Waals surface area (Å²) < 4.78 is 57.3. The van der Waals surface area contributed by atoms with Crippen LogP contribution >= 0.6 is 8.25 Å². The molecular weight excluding hydrogens is 582 g/mol. The molecule has 0 heterocycles. The molecule has 0 aliphatic rings. The van der Waals surface area contributed by atoms with Gasteiger partial charge in [0.2, 0.25) is 0 Å². The van der Waals surface area contributed by atoms with E-state index in [0.29, 0.717) is 6.61 Å². The zero-order valence-corrected chi connectivity index (χ0v) is 30.2. The van der Waals surface area contributed by atoms with E-state index in [1.165, 1.54) is 25.7 Å². The van der Waals surface area contributed by atoms with Gasteiger partial charge in [0.05, 0.1) is 19.6 Å². The molecule has 0 aromatic rings. The van der Waals surface area contributed by atoms with Crippen molar-refractivity contribution in [3.05, 3.63) is 0 Å². The molecule has 41 heavy (non-hydrogen) atoms. The summed E-state index contributed by atoms with van der Waals surface area (Å²) in [6.45, 7) is 10.9. The van der Waals surface area contributed by atoms with E-state index < -0.39 is 42.0 Å². The molecule has 0 saturated carbocycles. The van der Waals surface area contributed by atoms with E-state index in [1.807, 2.05) is 13.8 Å². The maximum absolute atomic E-state index is 12.2. The fraction of sp³-hybridized carbons (Fsp3) is 0.929. The van der Waals surface area contributed by atoms with Crippen molar-refractivity contribution >= 4 is 30.3 Å². The summed E-state index contributed by atoms with van der Waals surface area (Å²) in [6.07, 6.45) is 13.7. The van der Waals surface area contributed by atoms with Crippen molar-refractivity contribution in [3.8, 4) is 0 Å². The van der Waals surface area contributed by atoms with Crippen LogP contribution in [0.4, 0.5) is 0 Å². The maximum Gasteiger partial charge on any atom is 1.00 e. The van der Waals surface area contributed by atoms with Crippen molar-refractivity contribution in [2.45, 2.75) is 136 Å². The fourth-order valence-corrected chi connectivity index (χ4v) is 4.79. The Balaban J connectivity index is -0.000000436. The molecule has 0 saturated heterocycles. The van der Waals surface area contributed by atoms with Crippen molar-refractivity contribution in [2.75, 3.05) is 19.8 Å². The van der Waals surface area contributed by atoms with Crippen LogP contribution in [-0.4, -0.2) is 54.9 Å². The van der Waals surface area contributed by atoms with Gasteiger partial charge in [0.1, 0.15) is 6.61 Å². The molecule has 240 valence electrons. The topological polar surface area (TPSA) is 154 Å². The molecule has 2 N–H and O–H groups in total. The first-order valence-electron chi connectivity index (χ1n) is 15.0. The van der Waals surface area contributed by atoms with Crippen LogP contribution in [0.25, 0.3) is 0 Å². The number of hydrogen-bond acceptors (Lipinski definition) is 8. The molecule has 0 radical (unpaired) electrons. The van der Waals surface area contributed by atoms with E-state index in [1.54, 1.807) is 0 Å². The van der Waals surface area contributed by atoms with Crippen molar-refractivity contribution in [3.63, 3.8) is 0 Å². The van der Waals surface area contributed by atoms with E-state index in [4.69, 9.17) is 14.4 Å². The number of ether oxygens (including phenoxy) is 2. The van der Waals surface area contributed by atoms with Gasteiger partial charge >= 0.3 is 49.8 Å². The van der Waals surface area contributed by atoms with E-state index in [0.717, 1.165) is 64.2 Å². The standard InChI is InChI=1S/C20H38O7S.C8H17O3P.Na.H/c1-5-9-11-16(7-3)14-26-19(21)13-18(28(23,24)25)20(22)27-15-17(8-4)12-10-6-2;1-2-3-4-5-6-7-8-11-12(9)10;;/h16-18H,5-15H2,1-4H3,(H,23,24,25);2-8H2,1H3;;/q;;+1;-1/p+1. The Labute approximate surface area is 273 Å². The SMILES string of the molecule is CCCCC(CC)COC(=O)CC(C(=O)OCC(CC)CCCC)S(=O)(=O)O.CCCCCCCCO[P+](=O)O.[H-].[Na+]. The fourth-order valence-electron chi connectivity index (χ4n) is 3.85. The maximum atomic E-state index is 12.2. The molecule has 0 spiro atoms. The van der Waals surface area contributed by atoms with Gasteiger partial charge in [0.15, 0.2) is 5.25 Å². The first-order valence-corrected chi connectivity index (χ1v) is 17.7. The summed E-state index contributed by atoms with van der Waals surface area (Å²) in [7, 11) is -7.14. The van der Waals surface area contributed by atoms with Crippen LogP contribution < -0.4 is 29.6 Å². The Morgan fingerprint density at radius 3 is 1.68 bits per heavy atom. The Kier molecular flexibility index (Phi) is 33.1. The van der Waals surface area contributed by atoms with Gasteiger partial charge in [-0.3, -0.25) is 14.1 Å². The monoisotopic (exact) mass is 639 g/mol. The van der Waals surface area contributed by atoms with Gasteiger partial charge in [-0.05, 0) is 31.1 Å². The molecule has 0 aliphatic carbocycles. The second-order valence-electron chi connectivity index (χ2n) is 10.2. The van der Waals surface area contributed by atoms with Crippen LogP contribution in [0.2, 0.25) is 0 Å². The molecule has 4 unspecified atom stereocenters. The second-order valence-corrected chi connectivity index (χ2v) is 12.5. The normalized spacial score (nSPS) is 13.6. The van der Waals surface area contributed by atoms with Crippen molar-refractivity contribution in [1.29, 1.82) is 0 Å². The molecule has 0 bridgehead atoms. The van der Waals surface area contributed by atoms with E-state index in [9.17, 15) is 27.1 Å².